The molecule has 1 aliphatic rings. The van der Waals surface area contributed by atoms with Crippen molar-refractivity contribution in [2.75, 3.05) is 19.7 Å². The molecule has 1 N–H and O–H groups in total. The van der Waals surface area contributed by atoms with E-state index in [9.17, 15) is 4.79 Å². The fourth-order valence-corrected chi connectivity index (χ4v) is 2.31. The molecule has 1 amide bonds. The monoisotopic (exact) mass is 254 g/mol. The Balaban J connectivity index is 2.12. The molecule has 1 saturated heterocycles. The van der Waals surface area contributed by atoms with Crippen LogP contribution in [-0.2, 0) is 0 Å². The summed E-state index contributed by atoms with van der Waals surface area (Å²) in [6.45, 7) is 1.45. The van der Waals surface area contributed by atoms with E-state index in [4.69, 9.17) is 16.7 Å². The SMILES string of the molecule is O=C(c1cccnc1Cl)N1CCC[C@H](CO)C1. The lowest BCUT2D eigenvalue weighted by atomic mass is 9.98. The van der Waals surface area contributed by atoms with Crippen molar-refractivity contribution in [2.45, 2.75) is 12.8 Å². The van der Waals surface area contributed by atoms with Gasteiger partial charge in [-0.3, -0.25) is 4.79 Å². The van der Waals surface area contributed by atoms with E-state index in [1.807, 2.05) is 0 Å². The number of rotatable bonds is 2. The average molecular weight is 255 g/mol. The van der Waals surface area contributed by atoms with Gasteiger partial charge in [-0.25, -0.2) is 4.98 Å². The maximum Gasteiger partial charge on any atom is 0.256 e. The number of pyridine rings is 1. The van der Waals surface area contributed by atoms with Gasteiger partial charge in [0.15, 0.2) is 0 Å². The standard InChI is InChI=1S/C12H15ClN2O2/c13-11-10(4-1-5-14-11)12(17)15-6-2-3-9(7-15)8-16/h1,4-5,9,16H,2-3,6-8H2/t9-/m0/s1. The van der Waals surface area contributed by atoms with E-state index in [-0.39, 0.29) is 23.6 Å². The van der Waals surface area contributed by atoms with E-state index in [1.165, 1.54) is 0 Å². The number of hydrogen-bond donors (Lipinski definition) is 1. The number of hydrogen-bond acceptors (Lipinski definition) is 3. The summed E-state index contributed by atoms with van der Waals surface area (Å²) >= 11 is 5.90. The van der Waals surface area contributed by atoms with Crippen LogP contribution in [0.2, 0.25) is 5.15 Å². The van der Waals surface area contributed by atoms with Crippen LogP contribution in [-0.4, -0.2) is 40.6 Å². The fourth-order valence-electron chi connectivity index (χ4n) is 2.11. The molecule has 2 rings (SSSR count). The first-order valence-corrected chi connectivity index (χ1v) is 6.11. The highest BCUT2D eigenvalue weighted by molar-refractivity contribution is 6.32. The third-order valence-electron chi connectivity index (χ3n) is 3.05. The highest BCUT2D eigenvalue weighted by Crippen LogP contribution is 2.20. The van der Waals surface area contributed by atoms with Crippen molar-refractivity contribution >= 4 is 17.5 Å². The molecule has 0 aromatic carbocycles. The Morgan fingerprint density at radius 1 is 1.65 bits per heavy atom. The summed E-state index contributed by atoms with van der Waals surface area (Å²) in [5.41, 5.74) is 0.438. The van der Waals surface area contributed by atoms with Crippen molar-refractivity contribution in [1.82, 2.24) is 9.88 Å². The van der Waals surface area contributed by atoms with Gasteiger partial charge in [0.2, 0.25) is 0 Å². The zero-order valence-corrected chi connectivity index (χ0v) is 10.2. The van der Waals surface area contributed by atoms with Crippen molar-refractivity contribution < 1.29 is 9.90 Å². The second-order valence-corrected chi connectivity index (χ2v) is 4.64. The molecule has 0 saturated carbocycles. The van der Waals surface area contributed by atoms with Crippen molar-refractivity contribution in [3.05, 3.63) is 29.0 Å². The predicted molar refractivity (Wildman–Crippen MR) is 65.0 cm³/mol. The molecule has 17 heavy (non-hydrogen) atoms. The Kier molecular flexibility index (Phi) is 3.97. The number of aliphatic hydroxyl groups excluding tert-OH is 1. The van der Waals surface area contributed by atoms with Gasteiger partial charge >= 0.3 is 0 Å². The third kappa shape index (κ3) is 2.76. The first-order chi connectivity index (χ1) is 8.22. The number of carbonyl (C=O) groups is 1. The largest absolute Gasteiger partial charge is 0.396 e. The molecule has 4 nitrogen and oxygen atoms in total. The van der Waals surface area contributed by atoms with E-state index in [1.54, 1.807) is 23.2 Å². The van der Waals surface area contributed by atoms with Crippen molar-refractivity contribution in [2.24, 2.45) is 5.92 Å². The van der Waals surface area contributed by atoms with Crippen LogP contribution in [0.3, 0.4) is 0 Å². The van der Waals surface area contributed by atoms with Gasteiger partial charge in [-0.15, -0.1) is 0 Å². The van der Waals surface area contributed by atoms with Gasteiger partial charge in [-0.1, -0.05) is 11.6 Å². The van der Waals surface area contributed by atoms with Crippen molar-refractivity contribution in [3.8, 4) is 0 Å². The number of aliphatic hydroxyl groups is 1. The number of carbonyl (C=O) groups excluding carboxylic acids is 1. The van der Waals surface area contributed by atoms with Gasteiger partial charge in [0.25, 0.3) is 5.91 Å². The number of amides is 1. The van der Waals surface area contributed by atoms with Crippen LogP contribution in [0.15, 0.2) is 18.3 Å². The molecule has 0 radical (unpaired) electrons. The summed E-state index contributed by atoms with van der Waals surface area (Å²) < 4.78 is 0. The molecule has 1 aliphatic heterocycles. The zero-order chi connectivity index (χ0) is 12.3. The molecule has 0 bridgehead atoms. The van der Waals surface area contributed by atoms with Crippen molar-refractivity contribution in [3.63, 3.8) is 0 Å². The molecular formula is C12H15ClN2O2. The van der Waals surface area contributed by atoms with Gasteiger partial charge in [0, 0.05) is 25.9 Å². The minimum Gasteiger partial charge on any atom is -0.396 e. The lowest BCUT2D eigenvalue weighted by molar-refractivity contribution is 0.0620. The Bertz CT molecular complexity index is 411. The molecular weight excluding hydrogens is 240 g/mol. The van der Waals surface area contributed by atoms with E-state index >= 15 is 0 Å². The van der Waals surface area contributed by atoms with E-state index in [0.29, 0.717) is 12.1 Å². The van der Waals surface area contributed by atoms with Gasteiger partial charge in [0.05, 0.1) is 5.56 Å². The number of halogens is 1. The first-order valence-electron chi connectivity index (χ1n) is 5.73. The summed E-state index contributed by atoms with van der Waals surface area (Å²) in [5.74, 6) is 0.0874. The summed E-state index contributed by atoms with van der Waals surface area (Å²) in [5, 5.41) is 9.38. The quantitative estimate of drug-likeness (QED) is 0.816. The molecule has 0 unspecified atom stereocenters. The maximum absolute atomic E-state index is 12.2. The molecule has 5 heteroatoms. The van der Waals surface area contributed by atoms with Gasteiger partial charge < -0.3 is 10.0 Å². The van der Waals surface area contributed by atoms with Crippen LogP contribution >= 0.6 is 11.6 Å². The lowest BCUT2D eigenvalue weighted by Gasteiger charge is -2.31. The van der Waals surface area contributed by atoms with Crippen LogP contribution in [0.25, 0.3) is 0 Å². The molecule has 1 aromatic rings. The van der Waals surface area contributed by atoms with E-state index in [0.717, 1.165) is 19.4 Å². The van der Waals surface area contributed by atoms with Crippen LogP contribution in [0, 0.1) is 5.92 Å². The second-order valence-electron chi connectivity index (χ2n) is 4.28. The van der Waals surface area contributed by atoms with Gasteiger partial charge in [0.1, 0.15) is 5.15 Å². The molecule has 0 spiro atoms. The Morgan fingerprint density at radius 3 is 3.18 bits per heavy atom. The third-order valence-corrected chi connectivity index (χ3v) is 3.36. The van der Waals surface area contributed by atoms with Gasteiger partial charge in [-0.05, 0) is 30.9 Å². The number of nitrogens with zero attached hydrogens (tertiary/aromatic N) is 2. The van der Waals surface area contributed by atoms with Crippen LogP contribution in [0.1, 0.15) is 23.2 Å². The van der Waals surface area contributed by atoms with Crippen LogP contribution in [0.4, 0.5) is 0 Å². The fraction of sp³-hybridized carbons (Fsp3) is 0.500. The second kappa shape index (κ2) is 5.47. The number of piperidine rings is 1. The topological polar surface area (TPSA) is 53.4 Å². The predicted octanol–water partition coefficient (Wildman–Crippen LogP) is 1.58. The average Bonchev–Trinajstić information content (AvgIpc) is 2.38. The smallest absolute Gasteiger partial charge is 0.256 e. The highest BCUT2D eigenvalue weighted by atomic mass is 35.5. The minimum absolute atomic E-state index is 0.0961. The summed E-state index contributed by atoms with van der Waals surface area (Å²) in [7, 11) is 0. The number of likely N-dealkylation sites (tertiary alicyclic amines) is 1. The van der Waals surface area contributed by atoms with E-state index in [2.05, 4.69) is 4.98 Å². The zero-order valence-electron chi connectivity index (χ0n) is 9.47. The number of aromatic nitrogens is 1. The first kappa shape index (κ1) is 12.3. The molecule has 1 atom stereocenters. The van der Waals surface area contributed by atoms with Crippen LogP contribution < -0.4 is 0 Å². The maximum atomic E-state index is 12.2. The van der Waals surface area contributed by atoms with Crippen LogP contribution in [0.5, 0.6) is 0 Å². The summed E-state index contributed by atoms with van der Waals surface area (Å²) in [6.07, 6.45) is 3.46. The molecule has 1 aromatic heterocycles. The highest BCUT2D eigenvalue weighted by Gasteiger charge is 2.25. The molecule has 92 valence electrons. The molecule has 0 aliphatic carbocycles. The lowest BCUT2D eigenvalue weighted by Crippen LogP contribution is -2.41. The minimum atomic E-state index is -0.0961. The molecule has 1 fully saturated rings. The Morgan fingerprint density at radius 2 is 2.47 bits per heavy atom. The molecule has 2 heterocycles. The Labute approximate surface area is 105 Å². The summed E-state index contributed by atoms with van der Waals surface area (Å²) in [6, 6.07) is 3.38. The Hall–Kier alpha value is -1.13. The van der Waals surface area contributed by atoms with Gasteiger partial charge in [-0.2, -0.15) is 0 Å². The van der Waals surface area contributed by atoms with E-state index < -0.39 is 0 Å². The summed E-state index contributed by atoms with van der Waals surface area (Å²) in [4.78, 5) is 17.8. The van der Waals surface area contributed by atoms with Crippen molar-refractivity contribution in [1.29, 1.82) is 0 Å². The normalized spacial score (nSPS) is 20.4.